The van der Waals surface area contributed by atoms with Crippen molar-refractivity contribution in [3.63, 3.8) is 0 Å². The minimum Gasteiger partial charge on any atom is -0.437 e. The number of hydrogen-bond acceptors (Lipinski definition) is 4. The summed E-state index contributed by atoms with van der Waals surface area (Å²) in [4.78, 5) is 0. The summed E-state index contributed by atoms with van der Waals surface area (Å²) in [6, 6.07) is 7.99. The predicted octanol–water partition coefficient (Wildman–Crippen LogP) is 3.69. The smallest absolute Gasteiger partial charge is 0.238 e. The first kappa shape index (κ1) is 15.4. The van der Waals surface area contributed by atoms with Gasteiger partial charge in [0.05, 0.1) is 5.69 Å². The van der Waals surface area contributed by atoms with Crippen molar-refractivity contribution in [1.29, 1.82) is 0 Å². The number of aromatic nitrogens is 2. The van der Waals surface area contributed by atoms with E-state index in [2.05, 4.69) is 49.3 Å². The molecular formula is C17H23N3O. The van der Waals surface area contributed by atoms with E-state index in [-0.39, 0.29) is 0 Å². The maximum atomic E-state index is 5.86. The van der Waals surface area contributed by atoms with Gasteiger partial charge < -0.3 is 10.1 Å². The largest absolute Gasteiger partial charge is 0.437 e. The Kier molecular flexibility index (Phi) is 5.28. The van der Waals surface area contributed by atoms with Crippen molar-refractivity contribution in [3.8, 4) is 11.6 Å². The summed E-state index contributed by atoms with van der Waals surface area (Å²) in [5.41, 5.74) is 4.46. The highest BCUT2D eigenvalue weighted by Crippen LogP contribution is 2.27. The highest BCUT2D eigenvalue weighted by atomic mass is 16.5. The molecule has 0 aliphatic carbocycles. The first-order chi connectivity index (χ1) is 10.1. The molecule has 0 unspecified atom stereocenters. The molecule has 4 heteroatoms. The third-order valence-corrected chi connectivity index (χ3v) is 3.41. The van der Waals surface area contributed by atoms with E-state index in [0.717, 1.165) is 36.5 Å². The van der Waals surface area contributed by atoms with Crippen LogP contribution >= 0.6 is 0 Å². The molecule has 0 amide bonds. The Bertz CT molecular complexity index is 594. The number of benzene rings is 1. The lowest BCUT2D eigenvalue weighted by molar-refractivity contribution is 0.449. The second-order valence-corrected chi connectivity index (χ2v) is 5.35. The van der Waals surface area contributed by atoms with Crippen LogP contribution in [0, 0.1) is 20.8 Å². The van der Waals surface area contributed by atoms with Crippen molar-refractivity contribution in [2.24, 2.45) is 0 Å². The molecule has 0 bridgehead atoms. The van der Waals surface area contributed by atoms with Gasteiger partial charge in [-0.1, -0.05) is 13.0 Å². The highest BCUT2D eigenvalue weighted by Gasteiger charge is 2.06. The molecule has 2 rings (SSSR count). The SMILES string of the molecule is CCCNCc1ccc(Oc2cc(C)cc(C)c2C)nn1. The van der Waals surface area contributed by atoms with Crippen LogP contribution in [0.15, 0.2) is 24.3 Å². The van der Waals surface area contributed by atoms with Crippen molar-refractivity contribution >= 4 is 0 Å². The molecule has 1 aromatic heterocycles. The number of ether oxygens (including phenoxy) is 1. The zero-order valence-corrected chi connectivity index (χ0v) is 13.2. The standard InChI is InChI=1S/C17H23N3O/c1-5-8-18-11-15-6-7-17(20-19-15)21-16-10-12(2)9-13(3)14(16)4/h6-7,9-10,18H,5,8,11H2,1-4H3. The maximum Gasteiger partial charge on any atom is 0.238 e. The fraction of sp³-hybridized carbons (Fsp3) is 0.412. The Labute approximate surface area is 126 Å². The maximum absolute atomic E-state index is 5.86. The molecule has 1 aromatic carbocycles. The van der Waals surface area contributed by atoms with Gasteiger partial charge in [0, 0.05) is 12.6 Å². The molecule has 4 nitrogen and oxygen atoms in total. The fourth-order valence-corrected chi connectivity index (χ4v) is 2.11. The molecule has 2 aromatic rings. The molecule has 0 saturated heterocycles. The molecule has 0 spiro atoms. The summed E-state index contributed by atoms with van der Waals surface area (Å²) in [5, 5.41) is 11.6. The van der Waals surface area contributed by atoms with E-state index in [0.29, 0.717) is 5.88 Å². The third-order valence-electron chi connectivity index (χ3n) is 3.41. The number of nitrogens with zero attached hydrogens (tertiary/aromatic N) is 2. The Balaban J connectivity index is 2.07. The quantitative estimate of drug-likeness (QED) is 0.822. The summed E-state index contributed by atoms with van der Waals surface area (Å²) in [6.45, 7) is 10.1. The second kappa shape index (κ2) is 7.18. The number of rotatable bonds is 6. The van der Waals surface area contributed by atoms with Crippen LogP contribution in [0.2, 0.25) is 0 Å². The molecule has 1 heterocycles. The summed E-state index contributed by atoms with van der Waals surface area (Å²) in [7, 11) is 0. The van der Waals surface area contributed by atoms with Crippen LogP contribution in [0.1, 0.15) is 35.7 Å². The molecule has 1 N–H and O–H groups in total. The first-order valence-corrected chi connectivity index (χ1v) is 7.39. The Morgan fingerprint density at radius 3 is 2.57 bits per heavy atom. The van der Waals surface area contributed by atoms with Gasteiger partial charge >= 0.3 is 0 Å². The molecule has 0 radical (unpaired) electrons. The van der Waals surface area contributed by atoms with Crippen LogP contribution in [0.4, 0.5) is 0 Å². The number of hydrogen-bond donors (Lipinski definition) is 1. The lowest BCUT2D eigenvalue weighted by Gasteiger charge is -2.11. The monoisotopic (exact) mass is 285 g/mol. The lowest BCUT2D eigenvalue weighted by atomic mass is 10.1. The molecule has 21 heavy (non-hydrogen) atoms. The van der Waals surface area contributed by atoms with E-state index in [1.807, 2.05) is 18.2 Å². The number of aryl methyl sites for hydroxylation is 2. The molecule has 0 saturated carbocycles. The van der Waals surface area contributed by atoms with E-state index >= 15 is 0 Å². The summed E-state index contributed by atoms with van der Waals surface area (Å²) < 4.78 is 5.86. The molecule has 112 valence electrons. The fourth-order valence-electron chi connectivity index (χ4n) is 2.11. The Morgan fingerprint density at radius 2 is 1.90 bits per heavy atom. The topological polar surface area (TPSA) is 47.0 Å². The molecule has 0 fully saturated rings. The molecule has 0 aliphatic heterocycles. The van der Waals surface area contributed by atoms with Gasteiger partial charge in [-0.3, -0.25) is 0 Å². The van der Waals surface area contributed by atoms with Gasteiger partial charge in [-0.2, -0.15) is 5.10 Å². The van der Waals surface area contributed by atoms with Crippen molar-refractivity contribution in [2.75, 3.05) is 6.54 Å². The zero-order chi connectivity index (χ0) is 15.2. The molecule has 0 atom stereocenters. The van der Waals surface area contributed by atoms with Gasteiger partial charge in [-0.05, 0) is 62.6 Å². The van der Waals surface area contributed by atoms with Crippen molar-refractivity contribution in [3.05, 3.63) is 46.6 Å². The van der Waals surface area contributed by atoms with Gasteiger partial charge in [-0.15, -0.1) is 5.10 Å². The number of nitrogens with one attached hydrogen (secondary N) is 1. The zero-order valence-electron chi connectivity index (χ0n) is 13.2. The van der Waals surface area contributed by atoms with Crippen molar-refractivity contribution in [2.45, 2.75) is 40.7 Å². The van der Waals surface area contributed by atoms with E-state index in [9.17, 15) is 0 Å². The van der Waals surface area contributed by atoms with Gasteiger partial charge in [-0.25, -0.2) is 0 Å². The van der Waals surface area contributed by atoms with Gasteiger partial charge in [0.15, 0.2) is 0 Å². The highest BCUT2D eigenvalue weighted by molar-refractivity contribution is 5.43. The average Bonchev–Trinajstić information content (AvgIpc) is 2.46. The van der Waals surface area contributed by atoms with Crippen LogP contribution in [0.25, 0.3) is 0 Å². The van der Waals surface area contributed by atoms with Crippen LogP contribution in [0.3, 0.4) is 0 Å². The van der Waals surface area contributed by atoms with E-state index < -0.39 is 0 Å². The van der Waals surface area contributed by atoms with Crippen molar-refractivity contribution in [1.82, 2.24) is 15.5 Å². The minimum atomic E-state index is 0.530. The summed E-state index contributed by atoms with van der Waals surface area (Å²) in [5.74, 6) is 1.38. The predicted molar refractivity (Wildman–Crippen MR) is 84.8 cm³/mol. The summed E-state index contributed by atoms with van der Waals surface area (Å²) in [6.07, 6.45) is 1.11. The van der Waals surface area contributed by atoms with Crippen molar-refractivity contribution < 1.29 is 4.74 Å². The molecule has 0 aliphatic rings. The normalized spacial score (nSPS) is 10.7. The average molecular weight is 285 g/mol. The summed E-state index contributed by atoms with van der Waals surface area (Å²) >= 11 is 0. The van der Waals surface area contributed by atoms with E-state index in [1.165, 1.54) is 11.1 Å². The van der Waals surface area contributed by atoms with E-state index in [4.69, 9.17) is 4.74 Å². The van der Waals surface area contributed by atoms with Gasteiger partial charge in [0.1, 0.15) is 5.75 Å². The van der Waals surface area contributed by atoms with Crippen LogP contribution < -0.4 is 10.1 Å². The first-order valence-electron chi connectivity index (χ1n) is 7.39. The molecular weight excluding hydrogens is 262 g/mol. The van der Waals surface area contributed by atoms with E-state index in [1.54, 1.807) is 0 Å². The minimum absolute atomic E-state index is 0.530. The Morgan fingerprint density at radius 1 is 1.10 bits per heavy atom. The van der Waals surface area contributed by atoms with Gasteiger partial charge in [0.2, 0.25) is 5.88 Å². The lowest BCUT2D eigenvalue weighted by Crippen LogP contribution is -2.15. The van der Waals surface area contributed by atoms with Crippen LogP contribution in [-0.4, -0.2) is 16.7 Å². The van der Waals surface area contributed by atoms with Crippen LogP contribution in [0.5, 0.6) is 11.6 Å². The second-order valence-electron chi connectivity index (χ2n) is 5.35. The third kappa shape index (κ3) is 4.26. The van der Waals surface area contributed by atoms with Gasteiger partial charge in [0.25, 0.3) is 0 Å². The Hall–Kier alpha value is -1.94. The van der Waals surface area contributed by atoms with Crippen LogP contribution in [-0.2, 0) is 6.54 Å².